The van der Waals surface area contributed by atoms with E-state index in [1.54, 1.807) is 35.0 Å². The summed E-state index contributed by atoms with van der Waals surface area (Å²) in [5, 5.41) is 13.7. The van der Waals surface area contributed by atoms with Gasteiger partial charge in [-0.25, -0.2) is 4.99 Å². The first-order chi connectivity index (χ1) is 19.2. The van der Waals surface area contributed by atoms with E-state index < -0.39 is 6.36 Å². The number of benzene rings is 3. The first-order valence-corrected chi connectivity index (χ1v) is 13.8. The van der Waals surface area contributed by atoms with Crippen LogP contribution in [0.1, 0.15) is 18.1 Å². The van der Waals surface area contributed by atoms with Crippen molar-refractivity contribution in [2.45, 2.75) is 24.7 Å². The van der Waals surface area contributed by atoms with E-state index in [0.29, 0.717) is 43.5 Å². The van der Waals surface area contributed by atoms with Gasteiger partial charge in [-0.05, 0) is 60.6 Å². The number of rotatable bonds is 6. The van der Waals surface area contributed by atoms with Crippen molar-refractivity contribution in [3.8, 4) is 11.8 Å². The zero-order chi connectivity index (χ0) is 28.4. The van der Waals surface area contributed by atoms with Crippen molar-refractivity contribution in [1.29, 1.82) is 5.26 Å². The number of halogens is 3. The van der Waals surface area contributed by atoms with Crippen molar-refractivity contribution >= 4 is 51.7 Å². The second-order valence-electron chi connectivity index (χ2n) is 8.72. The molecule has 0 atom stereocenters. The standard InChI is InChI=1S/C28H22F3N5O2S2/c1-3-33-20-11-9-18(15-32)13-21(20)34-27-36(16-17-7-5-4-6-8-17)25(37)24(40-27)26-35(2)22-12-10-19(14-23(22)39-26)38-28(29,30)31/h4-14,33H,3,16H2,1-2H3/b26-24-,34-27+. The van der Waals surface area contributed by atoms with Crippen molar-refractivity contribution in [1.82, 2.24) is 4.90 Å². The van der Waals surface area contributed by atoms with Gasteiger partial charge in [-0.2, -0.15) is 5.26 Å². The van der Waals surface area contributed by atoms with Crippen LogP contribution in [0.3, 0.4) is 0 Å². The zero-order valence-electron chi connectivity index (χ0n) is 21.3. The van der Waals surface area contributed by atoms with E-state index in [2.05, 4.69) is 16.1 Å². The SMILES string of the molecule is CCNc1ccc(C#N)cc1/N=C1/S/C(=C2\Sc3cc(OC(F)(F)F)ccc3N2C)C(=O)N1Cc1ccccc1. The Morgan fingerprint density at radius 3 is 2.55 bits per heavy atom. The predicted octanol–water partition coefficient (Wildman–Crippen LogP) is 7.06. The van der Waals surface area contributed by atoms with E-state index in [-0.39, 0.29) is 18.2 Å². The molecule has 3 aromatic rings. The molecule has 0 aliphatic carbocycles. The quantitative estimate of drug-likeness (QED) is 0.312. The molecule has 1 saturated heterocycles. The normalized spacial score (nSPS) is 17.8. The number of nitriles is 1. The Kier molecular flexibility index (Phi) is 7.69. The highest BCUT2D eigenvalue weighted by molar-refractivity contribution is 8.19. The molecule has 3 aromatic carbocycles. The fourth-order valence-corrected chi connectivity index (χ4v) is 6.56. The van der Waals surface area contributed by atoms with Crippen molar-refractivity contribution < 1.29 is 22.7 Å². The van der Waals surface area contributed by atoms with E-state index in [0.717, 1.165) is 11.3 Å². The maximum Gasteiger partial charge on any atom is 0.573 e. The Morgan fingerprint density at radius 2 is 1.85 bits per heavy atom. The van der Waals surface area contributed by atoms with Gasteiger partial charge in [-0.15, -0.1) is 13.2 Å². The van der Waals surface area contributed by atoms with Crippen molar-refractivity contribution in [3.63, 3.8) is 0 Å². The maximum atomic E-state index is 13.9. The molecule has 2 aliphatic heterocycles. The number of aliphatic imine (C=N–C) groups is 1. The average molecular weight is 582 g/mol. The van der Waals surface area contributed by atoms with Crippen LogP contribution in [0.15, 0.2) is 86.6 Å². The van der Waals surface area contributed by atoms with E-state index in [4.69, 9.17) is 4.99 Å². The van der Waals surface area contributed by atoms with Crippen molar-refractivity contribution in [2.75, 3.05) is 23.8 Å². The van der Waals surface area contributed by atoms with Gasteiger partial charge in [0.05, 0.1) is 40.3 Å². The highest BCUT2D eigenvalue weighted by atomic mass is 32.2. The number of fused-ring (bicyclic) bond motifs is 1. The monoisotopic (exact) mass is 581 g/mol. The number of carbonyl (C=O) groups excluding carboxylic acids is 1. The smallest absolute Gasteiger partial charge is 0.406 e. The lowest BCUT2D eigenvalue weighted by molar-refractivity contribution is -0.274. The number of carbonyl (C=O) groups is 1. The second kappa shape index (κ2) is 11.2. The molecular weight excluding hydrogens is 559 g/mol. The van der Waals surface area contributed by atoms with Crippen LogP contribution in [0.25, 0.3) is 0 Å². The lowest BCUT2D eigenvalue weighted by atomic mass is 10.2. The van der Waals surface area contributed by atoms with Crippen molar-refractivity contribution in [2.24, 2.45) is 4.99 Å². The highest BCUT2D eigenvalue weighted by Gasteiger charge is 2.40. The molecule has 0 saturated carbocycles. The summed E-state index contributed by atoms with van der Waals surface area (Å²) in [4.78, 5) is 23.0. The lowest BCUT2D eigenvalue weighted by Gasteiger charge is -2.17. The van der Waals surface area contributed by atoms with E-state index >= 15 is 0 Å². The van der Waals surface area contributed by atoms with Gasteiger partial charge in [0.2, 0.25) is 0 Å². The number of nitrogens with one attached hydrogen (secondary N) is 1. The summed E-state index contributed by atoms with van der Waals surface area (Å²) in [7, 11) is 1.76. The van der Waals surface area contributed by atoms with E-state index in [1.165, 1.54) is 41.7 Å². The molecule has 0 spiro atoms. The molecule has 1 amide bonds. The Labute approximate surface area is 237 Å². The molecule has 0 bridgehead atoms. The number of hydrogen-bond acceptors (Lipinski definition) is 8. The summed E-state index contributed by atoms with van der Waals surface area (Å²) in [6.45, 7) is 2.85. The van der Waals surface area contributed by atoms with E-state index in [1.807, 2.05) is 37.3 Å². The largest absolute Gasteiger partial charge is 0.573 e. The molecule has 12 heteroatoms. The van der Waals surface area contributed by atoms with Crippen LogP contribution in [0.2, 0.25) is 0 Å². The van der Waals surface area contributed by atoms with Gasteiger partial charge in [0.25, 0.3) is 5.91 Å². The van der Waals surface area contributed by atoms with Crippen molar-refractivity contribution in [3.05, 3.63) is 87.8 Å². The third-order valence-electron chi connectivity index (χ3n) is 5.99. The summed E-state index contributed by atoms with van der Waals surface area (Å²) in [6, 6.07) is 20.8. The molecule has 0 aromatic heterocycles. The van der Waals surface area contributed by atoms with Crippen LogP contribution >= 0.6 is 23.5 Å². The number of anilines is 2. The topological polar surface area (TPSA) is 81.0 Å². The summed E-state index contributed by atoms with van der Waals surface area (Å²) in [5.74, 6) is -0.604. The van der Waals surface area contributed by atoms with Crippen LogP contribution < -0.4 is 15.0 Å². The fraction of sp³-hybridized carbons (Fsp3) is 0.179. The number of amides is 1. The molecular formula is C28H22F3N5O2S2. The summed E-state index contributed by atoms with van der Waals surface area (Å²) < 4.78 is 42.4. The van der Waals surface area contributed by atoms with Crippen LogP contribution in [-0.2, 0) is 11.3 Å². The first kappa shape index (κ1) is 27.5. The second-order valence-corrected chi connectivity index (χ2v) is 10.7. The molecule has 1 N–H and O–H groups in total. The number of ether oxygens (including phenoxy) is 1. The Morgan fingerprint density at radius 1 is 1.07 bits per heavy atom. The van der Waals surface area contributed by atoms with E-state index in [9.17, 15) is 23.2 Å². The maximum absolute atomic E-state index is 13.9. The van der Waals surface area contributed by atoms with Gasteiger partial charge in [-0.1, -0.05) is 42.1 Å². The molecule has 204 valence electrons. The highest BCUT2D eigenvalue weighted by Crippen LogP contribution is 2.51. The molecule has 7 nitrogen and oxygen atoms in total. The minimum atomic E-state index is -4.81. The van der Waals surface area contributed by atoms with Crippen LogP contribution in [0.4, 0.5) is 30.2 Å². The summed E-state index contributed by atoms with van der Waals surface area (Å²) in [6.07, 6.45) is -4.81. The molecule has 1 fully saturated rings. The number of nitrogens with zero attached hydrogens (tertiary/aromatic N) is 4. The van der Waals surface area contributed by atoms with Crippen LogP contribution in [0, 0.1) is 11.3 Å². The Hall–Kier alpha value is -4.08. The molecule has 0 radical (unpaired) electrons. The molecule has 40 heavy (non-hydrogen) atoms. The Bertz CT molecular complexity index is 1570. The summed E-state index contributed by atoms with van der Waals surface area (Å²) >= 11 is 2.39. The lowest BCUT2D eigenvalue weighted by Crippen LogP contribution is -2.29. The van der Waals surface area contributed by atoms with Gasteiger partial charge in [0, 0.05) is 18.5 Å². The van der Waals surface area contributed by atoms with Gasteiger partial charge < -0.3 is 15.0 Å². The predicted molar refractivity (Wildman–Crippen MR) is 151 cm³/mol. The molecule has 2 aliphatic rings. The van der Waals surface area contributed by atoms with Crippen LogP contribution in [0.5, 0.6) is 5.75 Å². The number of amidine groups is 1. The number of hydrogen-bond donors (Lipinski definition) is 1. The van der Waals surface area contributed by atoms with Gasteiger partial charge in [0.15, 0.2) is 5.17 Å². The summed E-state index contributed by atoms with van der Waals surface area (Å²) in [5.41, 5.74) is 3.23. The average Bonchev–Trinajstić information content (AvgIpc) is 3.40. The molecule has 0 unspecified atom stereocenters. The van der Waals surface area contributed by atoms with Gasteiger partial charge in [-0.3, -0.25) is 9.69 Å². The third kappa shape index (κ3) is 5.76. The van der Waals surface area contributed by atoms with Gasteiger partial charge >= 0.3 is 6.36 Å². The first-order valence-electron chi connectivity index (χ1n) is 12.1. The molecule has 2 heterocycles. The number of thioether (sulfide) groups is 2. The number of alkyl halides is 3. The third-order valence-corrected chi connectivity index (χ3v) is 8.40. The minimum absolute atomic E-state index is 0.266. The molecule has 5 rings (SSSR count). The zero-order valence-corrected chi connectivity index (χ0v) is 23.0. The fourth-order valence-electron chi connectivity index (χ4n) is 4.19. The minimum Gasteiger partial charge on any atom is -0.406 e. The Balaban J connectivity index is 1.56. The van der Waals surface area contributed by atoms with Crippen LogP contribution in [-0.4, -0.2) is 35.9 Å². The van der Waals surface area contributed by atoms with Gasteiger partial charge in [0.1, 0.15) is 10.7 Å².